The monoisotopic (exact) mass is 290 g/mol. The number of aromatic nitrogens is 3. The molecule has 0 bridgehead atoms. The zero-order valence-corrected chi connectivity index (χ0v) is 12.6. The van der Waals surface area contributed by atoms with Crippen molar-refractivity contribution in [2.75, 3.05) is 7.05 Å². The zero-order chi connectivity index (χ0) is 14.5. The Morgan fingerprint density at radius 2 is 2.25 bits per heavy atom. The Balaban J connectivity index is 2.16. The van der Waals surface area contributed by atoms with Gasteiger partial charge in [0.05, 0.1) is 5.69 Å². The number of hydrogen-bond acceptors (Lipinski definition) is 5. The molecular formula is C14H18N4OS. The molecule has 0 aromatic carbocycles. The fourth-order valence-electron chi connectivity index (χ4n) is 1.93. The van der Waals surface area contributed by atoms with Crippen LogP contribution in [0.4, 0.5) is 0 Å². The number of rotatable bonds is 5. The second-order valence-electron chi connectivity index (χ2n) is 4.46. The first-order chi connectivity index (χ1) is 9.62. The molecule has 6 heteroatoms. The molecule has 0 fully saturated rings. The molecule has 2 rings (SSSR count). The molecule has 0 saturated heterocycles. The van der Waals surface area contributed by atoms with Gasteiger partial charge in [-0.25, -0.2) is 4.98 Å². The Hall–Kier alpha value is -1.66. The molecule has 0 aliphatic rings. The van der Waals surface area contributed by atoms with Crippen LogP contribution in [-0.4, -0.2) is 22.0 Å². The van der Waals surface area contributed by atoms with Crippen LogP contribution in [0.5, 0.6) is 0 Å². The third-order valence-electron chi connectivity index (χ3n) is 2.94. The lowest BCUT2D eigenvalue weighted by molar-refractivity contribution is 0.561. The molecule has 2 heterocycles. The molecule has 0 spiro atoms. The summed E-state index contributed by atoms with van der Waals surface area (Å²) in [4.78, 5) is 23.8. The van der Waals surface area contributed by atoms with Crippen LogP contribution in [0.25, 0.3) is 0 Å². The second-order valence-corrected chi connectivity index (χ2v) is 5.52. The van der Waals surface area contributed by atoms with E-state index in [0.29, 0.717) is 10.9 Å². The molecule has 5 nitrogen and oxygen atoms in total. The van der Waals surface area contributed by atoms with E-state index in [2.05, 4.69) is 27.2 Å². The maximum atomic E-state index is 11.4. The van der Waals surface area contributed by atoms with Gasteiger partial charge in [-0.1, -0.05) is 18.7 Å². The van der Waals surface area contributed by atoms with Crippen LogP contribution in [0.1, 0.15) is 30.8 Å². The van der Waals surface area contributed by atoms with Crippen LogP contribution >= 0.6 is 11.8 Å². The minimum Gasteiger partial charge on any atom is -0.312 e. The summed E-state index contributed by atoms with van der Waals surface area (Å²) in [6, 6.07) is 5.74. The lowest BCUT2D eigenvalue weighted by Gasteiger charge is -2.13. The molecule has 0 amide bonds. The third kappa shape index (κ3) is 3.68. The number of pyridine rings is 1. The van der Waals surface area contributed by atoms with Gasteiger partial charge in [0.15, 0.2) is 5.16 Å². The summed E-state index contributed by atoms with van der Waals surface area (Å²) < 4.78 is 0. The Morgan fingerprint density at radius 3 is 2.80 bits per heavy atom. The molecule has 1 atom stereocenters. The Labute approximate surface area is 122 Å². The van der Waals surface area contributed by atoms with Crippen LogP contribution < -0.4 is 10.9 Å². The molecule has 20 heavy (non-hydrogen) atoms. The van der Waals surface area contributed by atoms with E-state index in [1.165, 1.54) is 17.8 Å². The van der Waals surface area contributed by atoms with E-state index in [9.17, 15) is 4.79 Å². The first-order valence-corrected chi connectivity index (χ1v) is 7.33. The van der Waals surface area contributed by atoms with Crippen molar-refractivity contribution in [2.45, 2.75) is 36.4 Å². The predicted molar refractivity (Wildman–Crippen MR) is 80.0 cm³/mol. The third-order valence-corrected chi connectivity index (χ3v) is 3.80. The number of H-pyrrole nitrogens is 1. The molecule has 0 saturated carbocycles. The number of nitrogens with zero attached hydrogens (tertiary/aromatic N) is 2. The van der Waals surface area contributed by atoms with E-state index < -0.39 is 0 Å². The summed E-state index contributed by atoms with van der Waals surface area (Å²) in [5.41, 5.74) is 1.60. The van der Waals surface area contributed by atoms with Gasteiger partial charge < -0.3 is 10.3 Å². The highest BCUT2D eigenvalue weighted by atomic mass is 32.2. The van der Waals surface area contributed by atoms with Crippen molar-refractivity contribution >= 4 is 11.8 Å². The first-order valence-electron chi connectivity index (χ1n) is 6.51. The minimum absolute atomic E-state index is 0.134. The molecule has 2 N–H and O–H groups in total. The normalized spacial score (nSPS) is 12.3. The van der Waals surface area contributed by atoms with Gasteiger partial charge in [0.2, 0.25) is 0 Å². The van der Waals surface area contributed by atoms with Crippen molar-refractivity contribution in [1.82, 2.24) is 20.3 Å². The van der Waals surface area contributed by atoms with Crippen molar-refractivity contribution in [3.05, 3.63) is 46.1 Å². The van der Waals surface area contributed by atoms with Crippen molar-refractivity contribution in [2.24, 2.45) is 0 Å². The first kappa shape index (κ1) is 14.7. The minimum atomic E-state index is -0.134. The van der Waals surface area contributed by atoms with E-state index in [-0.39, 0.29) is 11.6 Å². The molecule has 2 aromatic rings. The molecule has 2 aromatic heterocycles. The summed E-state index contributed by atoms with van der Waals surface area (Å²) in [5.74, 6) is 0. The fourth-order valence-corrected chi connectivity index (χ4v) is 2.74. The van der Waals surface area contributed by atoms with E-state index in [0.717, 1.165) is 17.0 Å². The van der Waals surface area contributed by atoms with Gasteiger partial charge in [0.1, 0.15) is 0 Å². The molecule has 0 radical (unpaired) electrons. The van der Waals surface area contributed by atoms with Gasteiger partial charge >= 0.3 is 0 Å². The molecular weight excluding hydrogens is 272 g/mol. The van der Waals surface area contributed by atoms with Gasteiger partial charge in [0.25, 0.3) is 5.56 Å². The Kier molecular flexibility index (Phi) is 4.92. The maximum Gasteiger partial charge on any atom is 0.251 e. The van der Waals surface area contributed by atoms with Crippen molar-refractivity contribution in [3.8, 4) is 0 Å². The van der Waals surface area contributed by atoms with Crippen molar-refractivity contribution in [1.29, 1.82) is 0 Å². The predicted octanol–water partition coefficient (Wildman–Crippen LogP) is 2.30. The second kappa shape index (κ2) is 6.67. The summed E-state index contributed by atoms with van der Waals surface area (Å²) in [6.45, 7) is 3.92. The zero-order valence-electron chi connectivity index (χ0n) is 11.8. The van der Waals surface area contributed by atoms with Gasteiger partial charge in [0, 0.05) is 28.9 Å². The van der Waals surface area contributed by atoms with Crippen LogP contribution in [0.2, 0.25) is 0 Å². The molecule has 0 aliphatic carbocycles. The fraction of sp³-hybridized carbons (Fsp3) is 0.357. The summed E-state index contributed by atoms with van der Waals surface area (Å²) in [7, 11) is 1.93. The van der Waals surface area contributed by atoms with Crippen LogP contribution in [0.3, 0.4) is 0 Å². The standard InChI is InChI=1S/C14H18N4OS/c1-4-11(15-3)12-6-5-10(8-16-12)20-14-17-9(2)7-13(19)18-14/h5-8,11,15H,4H2,1-3H3,(H,17,18,19). The Morgan fingerprint density at radius 1 is 1.45 bits per heavy atom. The van der Waals surface area contributed by atoms with Crippen LogP contribution in [0, 0.1) is 6.92 Å². The summed E-state index contributed by atoms with van der Waals surface area (Å²) >= 11 is 1.40. The summed E-state index contributed by atoms with van der Waals surface area (Å²) in [5, 5.41) is 3.81. The smallest absolute Gasteiger partial charge is 0.251 e. The maximum absolute atomic E-state index is 11.4. The van der Waals surface area contributed by atoms with Crippen molar-refractivity contribution in [3.63, 3.8) is 0 Å². The van der Waals surface area contributed by atoms with E-state index in [1.54, 1.807) is 6.92 Å². The largest absolute Gasteiger partial charge is 0.312 e. The number of hydrogen-bond donors (Lipinski definition) is 2. The average Bonchev–Trinajstić information content (AvgIpc) is 2.41. The van der Waals surface area contributed by atoms with Crippen molar-refractivity contribution < 1.29 is 0 Å². The van der Waals surface area contributed by atoms with E-state index in [1.807, 2.05) is 25.4 Å². The highest BCUT2D eigenvalue weighted by Crippen LogP contribution is 2.24. The summed E-state index contributed by atoms with van der Waals surface area (Å²) in [6.07, 6.45) is 2.80. The quantitative estimate of drug-likeness (QED) is 0.827. The van der Waals surface area contributed by atoms with Gasteiger partial charge in [-0.2, -0.15) is 0 Å². The highest BCUT2D eigenvalue weighted by Gasteiger charge is 2.08. The lowest BCUT2D eigenvalue weighted by Crippen LogP contribution is -2.16. The molecule has 106 valence electrons. The van der Waals surface area contributed by atoms with Gasteiger partial charge in [-0.3, -0.25) is 9.78 Å². The topological polar surface area (TPSA) is 70.7 Å². The van der Waals surface area contributed by atoms with E-state index >= 15 is 0 Å². The molecule has 0 aliphatic heterocycles. The Bertz CT molecular complexity index is 620. The van der Waals surface area contributed by atoms with Crippen LogP contribution in [0.15, 0.2) is 39.2 Å². The average molecular weight is 290 g/mol. The van der Waals surface area contributed by atoms with Crippen LogP contribution in [-0.2, 0) is 0 Å². The van der Waals surface area contributed by atoms with Gasteiger partial charge in [-0.15, -0.1) is 0 Å². The number of nitrogens with one attached hydrogen (secondary N) is 2. The number of aryl methyl sites for hydroxylation is 1. The molecule has 1 unspecified atom stereocenters. The van der Waals surface area contributed by atoms with E-state index in [4.69, 9.17) is 0 Å². The van der Waals surface area contributed by atoms with Gasteiger partial charge in [-0.05, 0) is 32.5 Å². The number of aromatic amines is 1. The highest BCUT2D eigenvalue weighted by molar-refractivity contribution is 7.99. The SMILES string of the molecule is CCC(NC)c1ccc(Sc2nc(C)cc(=O)[nH]2)cn1. The lowest BCUT2D eigenvalue weighted by atomic mass is 10.1.